The zero-order valence-corrected chi connectivity index (χ0v) is 19.6. The van der Waals surface area contributed by atoms with Crippen LogP contribution < -0.4 is 5.32 Å². The minimum atomic E-state index is -4.62. The molecule has 3 N–H and O–H groups in total. The molecule has 30 heavy (non-hydrogen) atoms. The molecule has 0 aliphatic carbocycles. The molecule has 0 amide bonds. The molecule has 0 saturated heterocycles. The van der Waals surface area contributed by atoms with Gasteiger partial charge in [-0.3, -0.25) is 5.10 Å². The van der Waals surface area contributed by atoms with Crippen molar-refractivity contribution in [1.29, 1.82) is 0 Å². The Bertz CT molecular complexity index is 1220. The van der Waals surface area contributed by atoms with E-state index < -0.39 is 23.4 Å². The van der Waals surface area contributed by atoms with Crippen LogP contribution in [0.3, 0.4) is 0 Å². The van der Waals surface area contributed by atoms with E-state index in [2.05, 4.69) is 25.5 Å². The molecule has 0 aliphatic rings. The van der Waals surface area contributed by atoms with E-state index in [9.17, 15) is 22.0 Å². The van der Waals surface area contributed by atoms with Crippen LogP contribution in [0.2, 0.25) is 0 Å². The summed E-state index contributed by atoms with van der Waals surface area (Å²) in [4.78, 5) is 7.81. The number of hydrogen-bond acceptors (Lipinski definition) is 4. The van der Waals surface area contributed by atoms with Gasteiger partial charge in [0.1, 0.15) is 17.2 Å². The van der Waals surface area contributed by atoms with Crippen LogP contribution in [0.1, 0.15) is 5.56 Å². The average Bonchev–Trinajstić information content (AvgIpc) is 3.06. The van der Waals surface area contributed by atoms with Gasteiger partial charge in [-0.25, -0.2) is 18.7 Å². The van der Waals surface area contributed by atoms with Crippen LogP contribution in [0.15, 0.2) is 42.6 Å². The van der Waals surface area contributed by atoms with Gasteiger partial charge < -0.3 is 11.1 Å². The van der Waals surface area contributed by atoms with Crippen molar-refractivity contribution in [1.82, 2.24) is 20.2 Å². The van der Waals surface area contributed by atoms with E-state index in [1.54, 1.807) is 0 Å². The average molecular weight is 632 g/mol. The number of halogens is 5. The Morgan fingerprint density at radius 3 is 2.50 bits per heavy atom. The van der Waals surface area contributed by atoms with Crippen molar-refractivity contribution in [3.05, 3.63) is 65.5 Å². The molecule has 4 rings (SSSR count). The van der Waals surface area contributed by atoms with Crippen molar-refractivity contribution in [3.8, 4) is 11.4 Å². The fourth-order valence-electron chi connectivity index (χ4n) is 2.79. The second-order valence-corrected chi connectivity index (χ2v) is 6.01. The molecule has 6 nitrogen and oxygen atoms in total. The number of alkyl halides is 3. The molecule has 2 aromatic carbocycles. The molecule has 1 radical (unpaired) electrons. The Morgan fingerprint density at radius 1 is 1.03 bits per heavy atom. The third kappa shape index (κ3) is 4.25. The van der Waals surface area contributed by atoms with E-state index in [1.165, 1.54) is 18.2 Å². The number of H-pyrrole nitrogens is 1. The van der Waals surface area contributed by atoms with E-state index >= 15 is 0 Å². The summed E-state index contributed by atoms with van der Waals surface area (Å²) in [7, 11) is 0. The summed E-state index contributed by atoms with van der Waals surface area (Å²) in [5, 5.41) is 8.89. The quantitative estimate of drug-likeness (QED) is 0.282. The van der Waals surface area contributed by atoms with Gasteiger partial charge in [-0.1, -0.05) is 23.9 Å². The van der Waals surface area contributed by atoms with Crippen molar-refractivity contribution < 1.29 is 66.0 Å². The summed E-state index contributed by atoms with van der Waals surface area (Å²) < 4.78 is 67.2. The zero-order valence-electron chi connectivity index (χ0n) is 14.9. The van der Waals surface area contributed by atoms with Crippen LogP contribution in [-0.2, 0) is 6.18 Å². The summed E-state index contributed by atoms with van der Waals surface area (Å²) in [6, 6.07) is 6.45. The molecule has 0 unspecified atom stereocenters. The maximum absolute atomic E-state index is 13.8. The van der Waals surface area contributed by atoms with Crippen LogP contribution in [-0.4, -0.2) is 20.2 Å². The third-order valence-corrected chi connectivity index (χ3v) is 4.09. The summed E-state index contributed by atoms with van der Waals surface area (Å²) in [6.45, 7) is 0. The number of anilines is 2. The van der Waals surface area contributed by atoms with Crippen molar-refractivity contribution in [3.63, 3.8) is 0 Å². The molecule has 0 atom stereocenters. The molecule has 0 saturated carbocycles. The normalized spacial score (nSPS) is 11.4. The maximum atomic E-state index is 13.8. The molecule has 0 spiro atoms. The number of fused-ring (bicyclic) bond motifs is 1. The first kappa shape index (κ1) is 22.4. The van der Waals surface area contributed by atoms with Gasteiger partial charge in [-0.05, 0) is 12.1 Å². The predicted octanol–water partition coefficient (Wildman–Crippen LogP) is 5.74. The molecule has 4 aromatic rings. The molecular formula is C18H10AcF5N6-. The number of aromatic nitrogens is 4. The summed E-state index contributed by atoms with van der Waals surface area (Å²) in [5.74, 6) is -2.19. The maximum Gasteiger partial charge on any atom is 0.417 e. The van der Waals surface area contributed by atoms with Crippen LogP contribution in [0.25, 0.3) is 28.0 Å². The van der Waals surface area contributed by atoms with Gasteiger partial charge in [0.25, 0.3) is 0 Å². The molecule has 0 fully saturated rings. The van der Waals surface area contributed by atoms with Crippen molar-refractivity contribution in [2.75, 3.05) is 5.32 Å². The van der Waals surface area contributed by atoms with Gasteiger partial charge in [0.05, 0.1) is 10.9 Å². The summed E-state index contributed by atoms with van der Waals surface area (Å²) >= 11 is 0. The Morgan fingerprint density at radius 2 is 1.77 bits per heavy atom. The number of rotatable bonds is 3. The number of benzene rings is 2. The molecule has 0 aliphatic heterocycles. The first-order valence-electron chi connectivity index (χ1n) is 8.09. The first-order valence-corrected chi connectivity index (χ1v) is 8.09. The fraction of sp³-hybridized carbons (Fsp3) is 0.0556. The van der Waals surface area contributed by atoms with Gasteiger partial charge in [-0.2, -0.15) is 18.3 Å². The van der Waals surface area contributed by atoms with Gasteiger partial charge in [0, 0.05) is 61.9 Å². The SMILES string of the molecule is [Ac].[NH-]c1cnc(-c2ccccc2C(F)(F)F)nc1Nc1n[nH]c2c(F)cc(F)cc12. The van der Waals surface area contributed by atoms with Gasteiger partial charge in [-0.15, -0.1) is 0 Å². The van der Waals surface area contributed by atoms with Crippen LogP contribution in [0.5, 0.6) is 0 Å². The minimum absolute atomic E-state index is 0. The van der Waals surface area contributed by atoms with E-state index in [1.807, 2.05) is 0 Å². The number of nitrogens with zero attached hydrogens (tertiary/aromatic N) is 3. The molecule has 2 aromatic heterocycles. The molecule has 12 heteroatoms. The molecule has 0 bridgehead atoms. The zero-order chi connectivity index (χ0) is 20.8. The van der Waals surface area contributed by atoms with Crippen LogP contribution >= 0.6 is 0 Å². The van der Waals surface area contributed by atoms with Crippen molar-refractivity contribution in [2.45, 2.75) is 6.18 Å². The first-order chi connectivity index (χ1) is 13.7. The van der Waals surface area contributed by atoms with E-state index in [-0.39, 0.29) is 83.7 Å². The topological polar surface area (TPSA) is 90.3 Å². The molecular weight excluding hydrogens is 622 g/mol. The smallest absolute Gasteiger partial charge is 0.417 e. The summed E-state index contributed by atoms with van der Waals surface area (Å²) in [6.07, 6.45) is -3.60. The van der Waals surface area contributed by atoms with E-state index in [0.29, 0.717) is 6.07 Å². The number of nitrogens with one attached hydrogen (secondary N) is 3. The van der Waals surface area contributed by atoms with E-state index in [4.69, 9.17) is 5.73 Å². The van der Waals surface area contributed by atoms with Crippen LogP contribution in [0.4, 0.5) is 39.3 Å². The monoisotopic (exact) mass is 632 g/mol. The third-order valence-electron chi connectivity index (χ3n) is 4.09. The second kappa shape index (κ2) is 8.43. The van der Waals surface area contributed by atoms with E-state index in [0.717, 1.165) is 18.3 Å². The number of hydrogen-bond donors (Lipinski definition) is 2. The van der Waals surface area contributed by atoms with Crippen LogP contribution in [0, 0.1) is 55.7 Å². The Hall–Kier alpha value is -2.32. The Kier molecular flexibility index (Phi) is 6.29. The largest absolute Gasteiger partial charge is 0.694 e. The van der Waals surface area contributed by atoms with Crippen molar-refractivity contribution >= 4 is 28.2 Å². The number of aromatic amines is 1. The Labute approximate surface area is 201 Å². The van der Waals surface area contributed by atoms with Gasteiger partial charge >= 0.3 is 6.18 Å². The standard InChI is InChI=1S/C18H10F5N6.Ac/c19-8-5-10-14(12(20)6-8)28-29-16(10)27-17-13(24)7-25-15(26-17)9-3-1-2-4-11(9)18(21,22)23;/h1-7,24H,(H2,25,26,27,28,29);/q-1;. The molecule has 2 heterocycles. The molecule has 151 valence electrons. The second-order valence-electron chi connectivity index (χ2n) is 6.01. The van der Waals surface area contributed by atoms with Crippen molar-refractivity contribution in [2.24, 2.45) is 0 Å². The van der Waals surface area contributed by atoms with Gasteiger partial charge in [0.15, 0.2) is 17.5 Å². The fourth-order valence-corrected chi connectivity index (χ4v) is 2.79. The summed E-state index contributed by atoms with van der Waals surface area (Å²) in [5.41, 5.74) is 6.39. The Balaban J connectivity index is 0.00000256. The predicted molar refractivity (Wildman–Crippen MR) is 95.7 cm³/mol. The van der Waals surface area contributed by atoms with Gasteiger partial charge in [0.2, 0.25) is 0 Å². The minimum Gasteiger partial charge on any atom is -0.694 e.